The maximum Gasteiger partial charge on any atom is 0.324 e. The van der Waals surface area contributed by atoms with Crippen molar-refractivity contribution < 1.29 is 9.53 Å². The fourth-order valence-electron chi connectivity index (χ4n) is 1.74. The Balaban J connectivity index is 2.06. The van der Waals surface area contributed by atoms with Crippen molar-refractivity contribution in [2.75, 3.05) is 17.2 Å². The molecule has 0 saturated carbocycles. The summed E-state index contributed by atoms with van der Waals surface area (Å²) < 4.78 is 5.57. The van der Waals surface area contributed by atoms with E-state index in [0.29, 0.717) is 34.4 Å². The monoisotopic (exact) mass is 330 g/mol. The number of anilines is 2. The molecule has 2 amide bonds. The molecule has 118 valence electrons. The topological polar surface area (TPSA) is 87.0 Å². The summed E-state index contributed by atoms with van der Waals surface area (Å²) >= 11 is 5.96. The minimum absolute atomic E-state index is 0.333. The average Bonchev–Trinajstić information content (AvgIpc) is 2.55. The molecule has 0 atom stereocenters. The maximum absolute atomic E-state index is 12.0. The number of aromatic nitrogens is 1. The zero-order chi connectivity index (χ0) is 16.7. The number of pyridine rings is 1. The highest BCUT2D eigenvalue weighted by atomic mass is 35.5. The van der Waals surface area contributed by atoms with Crippen LogP contribution in [-0.4, -0.2) is 17.6 Å². The number of halogens is 1. The van der Waals surface area contributed by atoms with Gasteiger partial charge in [-0.15, -0.1) is 0 Å². The molecule has 7 heteroatoms. The van der Waals surface area contributed by atoms with Crippen molar-refractivity contribution in [3.05, 3.63) is 47.1 Å². The van der Waals surface area contributed by atoms with Crippen molar-refractivity contribution in [2.45, 2.75) is 13.3 Å². The largest absolute Gasteiger partial charge is 0.491 e. The van der Waals surface area contributed by atoms with Gasteiger partial charge in [-0.1, -0.05) is 18.5 Å². The number of carbonyl (C=O) groups excluding carboxylic acids is 1. The molecule has 1 heterocycles. The van der Waals surface area contributed by atoms with Gasteiger partial charge in [-0.05, 0) is 36.8 Å². The van der Waals surface area contributed by atoms with Crippen LogP contribution in [-0.2, 0) is 0 Å². The van der Waals surface area contributed by atoms with Crippen molar-refractivity contribution in [1.29, 1.82) is 5.26 Å². The normalized spacial score (nSPS) is 9.78. The van der Waals surface area contributed by atoms with Crippen LogP contribution in [0.3, 0.4) is 0 Å². The predicted octanol–water partition coefficient (Wildman–Crippen LogP) is 4.04. The van der Waals surface area contributed by atoms with E-state index in [1.165, 1.54) is 6.20 Å². The van der Waals surface area contributed by atoms with E-state index >= 15 is 0 Å². The van der Waals surface area contributed by atoms with Gasteiger partial charge in [0.2, 0.25) is 0 Å². The van der Waals surface area contributed by atoms with E-state index < -0.39 is 6.03 Å². The molecule has 0 spiro atoms. The fourth-order valence-corrected chi connectivity index (χ4v) is 1.91. The van der Waals surface area contributed by atoms with Crippen LogP contribution in [0.2, 0.25) is 5.02 Å². The van der Waals surface area contributed by atoms with Crippen molar-refractivity contribution >= 4 is 29.1 Å². The Bertz CT molecular complexity index is 726. The highest BCUT2D eigenvalue weighted by Gasteiger charge is 2.09. The SMILES string of the molecule is CCCOc1ccc(Cl)cc1NC(=O)Nc1ccc(C#N)cn1. The average molecular weight is 331 g/mol. The van der Waals surface area contributed by atoms with Gasteiger partial charge in [0.15, 0.2) is 0 Å². The van der Waals surface area contributed by atoms with Gasteiger partial charge in [-0.3, -0.25) is 5.32 Å². The predicted molar refractivity (Wildman–Crippen MR) is 88.8 cm³/mol. The number of ether oxygens (including phenoxy) is 1. The lowest BCUT2D eigenvalue weighted by Gasteiger charge is -2.13. The summed E-state index contributed by atoms with van der Waals surface area (Å²) in [6.07, 6.45) is 2.23. The van der Waals surface area contributed by atoms with E-state index in [9.17, 15) is 4.79 Å². The summed E-state index contributed by atoms with van der Waals surface area (Å²) in [6.45, 7) is 2.53. The molecule has 0 saturated heterocycles. The first-order chi connectivity index (χ1) is 11.1. The number of nitrogens with one attached hydrogen (secondary N) is 2. The molecule has 0 radical (unpaired) electrons. The summed E-state index contributed by atoms with van der Waals surface area (Å²) in [5.74, 6) is 0.874. The molecule has 2 rings (SSSR count). The van der Waals surface area contributed by atoms with Crippen LogP contribution in [0.4, 0.5) is 16.3 Å². The lowest BCUT2D eigenvalue weighted by molar-refractivity contribution is 0.261. The standard InChI is InChI=1S/C16H15ClN4O2/c1-2-7-23-14-5-4-12(17)8-13(14)20-16(22)21-15-6-3-11(9-18)10-19-15/h3-6,8,10H,2,7H2,1H3,(H2,19,20,21,22). The second-order valence-electron chi connectivity index (χ2n) is 4.61. The molecular formula is C16H15ClN4O2. The number of hydrogen-bond donors (Lipinski definition) is 2. The maximum atomic E-state index is 12.0. The Hall–Kier alpha value is -2.78. The quantitative estimate of drug-likeness (QED) is 0.866. The molecule has 0 aliphatic carbocycles. The van der Waals surface area contributed by atoms with Gasteiger partial charge in [0.05, 0.1) is 17.9 Å². The van der Waals surface area contributed by atoms with Crippen LogP contribution >= 0.6 is 11.6 Å². The van der Waals surface area contributed by atoms with Gasteiger partial charge < -0.3 is 10.1 Å². The third-order valence-corrected chi connectivity index (χ3v) is 3.02. The molecule has 0 bridgehead atoms. The van der Waals surface area contributed by atoms with Crippen LogP contribution in [0, 0.1) is 11.3 Å². The summed E-state index contributed by atoms with van der Waals surface area (Å²) in [5.41, 5.74) is 0.887. The summed E-state index contributed by atoms with van der Waals surface area (Å²) in [7, 11) is 0. The Labute approximate surface area is 139 Å². The highest BCUT2D eigenvalue weighted by Crippen LogP contribution is 2.28. The van der Waals surface area contributed by atoms with Crippen LogP contribution in [0.5, 0.6) is 5.75 Å². The molecular weight excluding hydrogens is 316 g/mol. The van der Waals surface area contributed by atoms with Crippen LogP contribution in [0.25, 0.3) is 0 Å². The van der Waals surface area contributed by atoms with E-state index in [-0.39, 0.29) is 0 Å². The molecule has 0 fully saturated rings. The molecule has 0 unspecified atom stereocenters. The number of amides is 2. The zero-order valence-electron chi connectivity index (χ0n) is 12.5. The second-order valence-corrected chi connectivity index (χ2v) is 5.05. The number of benzene rings is 1. The number of nitriles is 1. The van der Waals surface area contributed by atoms with E-state index in [0.717, 1.165) is 6.42 Å². The lowest BCUT2D eigenvalue weighted by atomic mass is 10.3. The van der Waals surface area contributed by atoms with Gasteiger partial charge in [0.1, 0.15) is 17.6 Å². The van der Waals surface area contributed by atoms with Crippen molar-refractivity contribution in [1.82, 2.24) is 4.98 Å². The van der Waals surface area contributed by atoms with Gasteiger partial charge in [0.25, 0.3) is 0 Å². The van der Waals surface area contributed by atoms with Crippen molar-refractivity contribution in [3.63, 3.8) is 0 Å². The smallest absolute Gasteiger partial charge is 0.324 e. The molecule has 0 aliphatic heterocycles. The Morgan fingerprint density at radius 3 is 2.83 bits per heavy atom. The summed E-state index contributed by atoms with van der Waals surface area (Å²) in [6, 6.07) is 9.59. The Morgan fingerprint density at radius 1 is 1.35 bits per heavy atom. The zero-order valence-corrected chi connectivity index (χ0v) is 13.2. The molecule has 6 nitrogen and oxygen atoms in total. The number of urea groups is 1. The third kappa shape index (κ3) is 4.87. The van der Waals surface area contributed by atoms with E-state index in [2.05, 4.69) is 15.6 Å². The second kappa shape index (κ2) is 8.01. The fraction of sp³-hybridized carbons (Fsp3) is 0.188. The van der Waals surface area contributed by atoms with E-state index in [4.69, 9.17) is 21.6 Å². The minimum atomic E-state index is -0.481. The molecule has 0 aliphatic rings. The number of nitrogens with zero attached hydrogens (tertiary/aromatic N) is 2. The third-order valence-electron chi connectivity index (χ3n) is 2.79. The Kier molecular flexibility index (Phi) is 5.78. The van der Waals surface area contributed by atoms with Gasteiger partial charge >= 0.3 is 6.03 Å². The summed E-state index contributed by atoms with van der Waals surface area (Å²) in [4.78, 5) is 16.0. The molecule has 2 N–H and O–H groups in total. The van der Waals surface area contributed by atoms with Crippen LogP contribution in [0.15, 0.2) is 36.5 Å². The van der Waals surface area contributed by atoms with Crippen molar-refractivity contribution in [3.8, 4) is 11.8 Å². The number of hydrogen-bond acceptors (Lipinski definition) is 4. The van der Waals surface area contributed by atoms with Crippen molar-refractivity contribution in [2.24, 2.45) is 0 Å². The van der Waals surface area contributed by atoms with Gasteiger partial charge in [-0.25, -0.2) is 9.78 Å². The van der Waals surface area contributed by atoms with E-state index in [1.807, 2.05) is 13.0 Å². The number of carbonyl (C=O) groups is 1. The first-order valence-electron chi connectivity index (χ1n) is 6.99. The van der Waals surface area contributed by atoms with Gasteiger partial charge in [-0.2, -0.15) is 5.26 Å². The van der Waals surface area contributed by atoms with Crippen LogP contribution in [0.1, 0.15) is 18.9 Å². The first kappa shape index (κ1) is 16.6. The van der Waals surface area contributed by atoms with Crippen LogP contribution < -0.4 is 15.4 Å². The molecule has 23 heavy (non-hydrogen) atoms. The van der Waals surface area contributed by atoms with E-state index in [1.54, 1.807) is 30.3 Å². The number of rotatable bonds is 5. The molecule has 1 aromatic carbocycles. The molecule has 2 aromatic rings. The molecule has 1 aromatic heterocycles. The Morgan fingerprint density at radius 2 is 2.17 bits per heavy atom. The van der Waals surface area contributed by atoms with Gasteiger partial charge in [0, 0.05) is 11.2 Å². The summed E-state index contributed by atoms with van der Waals surface area (Å²) in [5, 5.41) is 14.5. The lowest BCUT2D eigenvalue weighted by Crippen LogP contribution is -2.20. The highest BCUT2D eigenvalue weighted by molar-refractivity contribution is 6.31. The minimum Gasteiger partial charge on any atom is -0.491 e. The first-order valence-corrected chi connectivity index (χ1v) is 7.36.